The molecule has 0 saturated carbocycles. The molecule has 0 spiro atoms. The molecule has 0 aliphatic carbocycles. The van der Waals surface area contributed by atoms with Gasteiger partial charge in [-0.3, -0.25) is 9.69 Å². The molecule has 1 aliphatic rings. The van der Waals surface area contributed by atoms with E-state index in [2.05, 4.69) is 4.90 Å². The highest BCUT2D eigenvalue weighted by Crippen LogP contribution is 2.10. The van der Waals surface area contributed by atoms with Crippen molar-refractivity contribution in [2.45, 2.75) is 13.0 Å². The summed E-state index contributed by atoms with van der Waals surface area (Å²) in [4.78, 5) is 16.6. The van der Waals surface area contributed by atoms with Crippen molar-refractivity contribution in [2.24, 2.45) is 0 Å². The molecular formula is C17H20N2O2. The molecule has 0 radical (unpaired) electrons. The summed E-state index contributed by atoms with van der Waals surface area (Å²) >= 11 is 0. The van der Waals surface area contributed by atoms with Crippen LogP contribution < -0.4 is 0 Å². The summed E-state index contributed by atoms with van der Waals surface area (Å²) in [5.74, 6) is 1.21. The van der Waals surface area contributed by atoms with Crippen LogP contribution in [0.1, 0.15) is 11.3 Å². The van der Waals surface area contributed by atoms with E-state index in [0.717, 1.165) is 44.0 Å². The van der Waals surface area contributed by atoms with E-state index in [4.69, 9.17) is 4.42 Å². The van der Waals surface area contributed by atoms with E-state index in [1.165, 1.54) is 0 Å². The summed E-state index contributed by atoms with van der Waals surface area (Å²) in [6.45, 7) is 4.23. The lowest BCUT2D eigenvalue weighted by atomic mass is 10.1. The van der Waals surface area contributed by atoms with Crippen molar-refractivity contribution < 1.29 is 9.21 Å². The van der Waals surface area contributed by atoms with Crippen molar-refractivity contribution in [1.29, 1.82) is 0 Å². The van der Waals surface area contributed by atoms with Gasteiger partial charge in [-0.05, 0) is 17.7 Å². The fraction of sp³-hybridized carbons (Fsp3) is 0.353. The van der Waals surface area contributed by atoms with Gasteiger partial charge in [0.15, 0.2) is 0 Å². The Bertz CT molecular complexity index is 558. The van der Waals surface area contributed by atoms with Gasteiger partial charge in [0.2, 0.25) is 5.91 Å². The first-order chi connectivity index (χ1) is 10.3. The monoisotopic (exact) mass is 284 g/mol. The van der Waals surface area contributed by atoms with Gasteiger partial charge in [0.1, 0.15) is 5.76 Å². The largest absolute Gasteiger partial charge is 0.468 e. The van der Waals surface area contributed by atoms with E-state index in [1.54, 1.807) is 6.26 Å². The second-order valence-electron chi connectivity index (χ2n) is 5.40. The third kappa shape index (κ3) is 3.73. The molecule has 1 amide bonds. The highest BCUT2D eigenvalue weighted by Gasteiger charge is 2.21. The molecule has 0 N–H and O–H groups in total. The van der Waals surface area contributed by atoms with Gasteiger partial charge in [0.25, 0.3) is 0 Å². The topological polar surface area (TPSA) is 36.7 Å². The van der Waals surface area contributed by atoms with Crippen molar-refractivity contribution >= 4 is 5.91 Å². The Morgan fingerprint density at radius 2 is 1.76 bits per heavy atom. The lowest BCUT2D eigenvalue weighted by molar-refractivity contribution is -0.132. The number of hydrogen-bond donors (Lipinski definition) is 0. The molecule has 1 aromatic heterocycles. The molecule has 1 fully saturated rings. The SMILES string of the molecule is O=C(Cc1ccccc1)N1CCN(Cc2ccco2)CC1. The number of carbonyl (C=O) groups excluding carboxylic acids is 1. The first kappa shape index (κ1) is 13.9. The number of amides is 1. The van der Waals surface area contributed by atoms with Crippen LogP contribution in [0.3, 0.4) is 0 Å². The summed E-state index contributed by atoms with van der Waals surface area (Å²) in [6, 6.07) is 13.8. The van der Waals surface area contributed by atoms with Crippen LogP contribution in [0, 0.1) is 0 Å². The highest BCUT2D eigenvalue weighted by molar-refractivity contribution is 5.78. The lowest BCUT2D eigenvalue weighted by Crippen LogP contribution is -2.48. The lowest BCUT2D eigenvalue weighted by Gasteiger charge is -2.34. The molecule has 1 aromatic carbocycles. The van der Waals surface area contributed by atoms with Gasteiger partial charge in [-0.15, -0.1) is 0 Å². The molecule has 4 heteroatoms. The van der Waals surface area contributed by atoms with Crippen LogP contribution in [-0.2, 0) is 17.8 Å². The van der Waals surface area contributed by atoms with E-state index in [1.807, 2.05) is 47.4 Å². The Labute approximate surface area is 125 Å². The number of furan rings is 1. The predicted octanol–water partition coefficient (Wildman–Crippen LogP) is 2.17. The molecule has 0 atom stereocenters. The van der Waals surface area contributed by atoms with Crippen molar-refractivity contribution in [3.05, 3.63) is 60.1 Å². The smallest absolute Gasteiger partial charge is 0.227 e. The minimum atomic E-state index is 0.221. The normalized spacial score (nSPS) is 16.1. The van der Waals surface area contributed by atoms with Crippen LogP contribution in [0.4, 0.5) is 0 Å². The molecule has 110 valence electrons. The van der Waals surface area contributed by atoms with Gasteiger partial charge in [-0.25, -0.2) is 0 Å². The van der Waals surface area contributed by atoms with Crippen molar-refractivity contribution in [2.75, 3.05) is 26.2 Å². The first-order valence-electron chi connectivity index (χ1n) is 7.38. The van der Waals surface area contributed by atoms with E-state index < -0.39 is 0 Å². The Kier molecular flexibility index (Phi) is 4.36. The fourth-order valence-corrected chi connectivity index (χ4v) is 2.66. The molecule has 0 bridgehead atoms. The minimum absolute atomic E-state index is 0.221. The van der Waals surface area contributed by atoms with Gasteiger partial charge in [-0.1, -0.05) is 30.3 Å². The zero-order valence-electron chi connectivity index (χ0n) is 12.1. The Balaban J connectivity index is 1.48. The third-order valence-electron chi connectivity index (χ3n) is 3.88. The van der Waals surface area contributed by atoms with Crippen molar-refractivity contribution in [1.82, 2.24) is 9.80 Å². The number of piperazine rings is 1. The van der Waals surface area contributed by atoms with E-state index >= 15 is 0 Å². The zero-order valence-corrected chi connectivity index (χ0v) is 12.1. The Morgan fingerprint density at radius 3 is 2.43 bits per heavy atom. The maximum atomic E-state index is 12.3. The summed E-state index contributed by atoms with van der Waals surface area (Å²) < 4.78 is 5.37. The van der Waals surface area contributed by atoms with Crippen LogP contribution >= 0.6 is 0 Å². The molecule has 2 aromatic rings. The van der Waals surface area contributed by atoms with Gasteiger partial charge < -0.3 is 9.32 Å². The fourth-order valence-electron chi connectivity index (χ4n) is 2.66. The molecule has 3 rings (SSSR count). The maximum absolute atomic E-state index is 12.3. The second-order valence-corrected chi connectivity index (χ2v) is 5.40. The standard InChI is InChI=1S/C17H20N2O2/c20-17(13-15-5-2-1-3-6-15)19-10-8-18(9-11-19)14-16-7-4-12-21-16/h1-7,12H,8-11,13-14H2. The zero-order chi connectivity index (χ0) is 14.5. The quantitative estimate of drug-likeness (QED) is 0.863. The Hall–Kier alpha value is -2.07. The van der Waals surface area contributed by atoms with Crippen molar-refractivity contribution in [3.63, 3.8) is 0 Å². The molecule has 21 heavy (non-hydrogen) atoms. The summed E-state index contributed by atoms with van der Waals surface area (Å²) in [7, 11) is 0. The molecule has 2 heterocycles. The Morgan fingerprint density at radius 1 is 1.00 bits per heavy atom. The minimum Gasteiger partial charge on any atom is -0.468 e. The van der Waals surface area contributed by atoms with E-state index in [0.29, 0.717) is 6.42 Å². The summed E-state index contributed by atoms with van der Waals surface area (Å²) in [5, 5.41) is 0. The van der Waals surface area contributed by atoms with Gasteiger partial charge in [0.05, 0.1) is 19.2 Å². The van der Waals surface area contributed by atoms with Crippen LogP contribution in [0.25, 0.3) is 0 Å². The number of benzene rings is 1. The number of nitrogens with zero attached hydrogens (tertiary/aromatic N) is 2. The number of carbonyl (C=O) groups is 1. The van der Waals surface area contributed by atoms with E-state index in [-0.39, 0.29) is 5.91 Å². The van der Waals surface area contributed by atoms with Crippen LogP contribution in [0.5, 0.6) is 0 Å². The number of rotatable bonds is 4. The van der Waals surface area contributed by atoms with Crippen LogP contribution in [0.15, 0.2) is 53.1 Å². The third-order valence-corrected chi connectivity index (χ3v) is 3.88. The molecule has 1 aliphatic heterocycles. The predicted molar refractivity (Wildman–Crippen MR) is 80.7 cm³/mol. The van der Waals surface area contributed by atoms with E-state index in [9.17, 15) is 4.79 Å². The molecular weight excluding hydrogens is 264 g/mol. The maximum Gasteiger partial charge on any atom is 0.227 e. The number of hydrogen-bond acceptors (Lipinski definition) is 3. The van der Waals surface area contributed by atoms with Gasteiger partial charge in [-0.2, -0.15) is 0 Å². The van der Waals surface area contributed by atoms with Gasteiger partial charge in [0, 0.05) is 26.2 Å². The van der Waals surface area contributed by atoms with Crippen LogP contribution in [-0.4, -0.2) is 41.9 Å². The highest BCUT2D eigenvalue weighted by atomic mass is 16.3. The van der Waals surface area contributed by atoms with Crippen molar-refractivity contribution in [3.8, 4) is 0 Å². The average molecular weight is 284 g/mol. The summed E-state index contributed by atoms with van der Waals surface area (Å²) in [5.41, 5.74) is 1.08. The molecule has 4 nitrogen and oxygen atoms in total. The second kappa shape index (κ2) is 6.59. The van der Waals surface area contributed by atoms with Crippen LogP contribution in [0.2, 0.25) is 0 Å². The summed E-state index contributed by atoms with van der Waals surface area (Å²) in [6.07, 6.45) is 2.20. The first-order valence-corrected chi connectivity index (χ1v) is 7.38. The average Bonchev–Trinajstić information content (AvgIpc) is 3.02. The van der Waals surface area contributed by atoms with Gasteiger partial charge >= 0.3 is 0 Å². The molecule has 0 unspecified atom stereocenters. The molecule has 1 saturated heterocycles.